The number of β-amino-alcohol motifs (C(OH)–C–C–N with tert-alkyl or cyclic N) is 1. The van der Waals surface area contributed by atoms with Crippen LogP contribution >= 0.6 is 0 Å². The quantitative estimate of drug-likeness (QED) is 0.718. The molecule has 0 aliphatic rings. The van der Waals surface area contributed by atoms with Crippen LogP contribution in [0.1, 0.15) is 25.0 Å². The third kappa shape index (κ3) is 6.03. The molecule has 2 rings (SSSR count). The molecule has 0 unspecified atom stereocenters. The van der Waals surface area contributed by atoms with Gasteiger partial charge >= 0.3 is 0 Å². The van der Waals surface area contributed by atoms with Crippen molar-refractivity contribution < 1.29 is 14.6 Å². The molecule has 0 saturated carbocycles. The van der Waals surface area contributed by atoms with E-state index in [9.17, 15) is 5.11 Å². The van der Waals surface area contributed by atoms with Crippen molar-refractivity contribution in [3.05, 3.63) is 53.7 Å². The minimum absolute atomic E-state index is 0.0668. The minimum atomic E-state index is -0.710. The lowest BCUT2D eigenvalue weighted by molar-refractivity contribution is 0.0964. The highest BCUT2D eigenvalue weighted by molar-refractivity contribution is 5.37. The van der Waals surface area contributed by atoms with Gasteiger partial charge in [-0.15, -0.1) is 0 Å². The first-order chi connectivity index (χ1) is 12.4. The molecule has 0 amide bonds. The summed E-state index contributed by atoms with van der Waals surface area (Å²) < 4.78 is 10.6. The lowest BCUT2D eigenvalue weighted by Gasteiger charge is -2.28. The van der Waals surface area contributed by atoms with Crippen LogP contribution in [0, 0.1) is 11.3 Å². The highest BCUT2D eigenvalue weighted by Crippen LogP contribution is 2.17. The van der Waals surface area contributed by atoms with Crippen molar-refractivity contribution in [3.63, 3.8) is 0 Å². The topological polar surface area (TPSA) is 87.4 Å². The molecule has 138 valence electrons. The van der Waals surface area contributed by atoms with Crippen molar-refractivity contribution in [2.24, 2.45) is 0 Å². The van der Waals surface area contributed by atoms with Crippen LogP contribution < -0.4 is 14.8 Å². The van der Waals surface area contributed by atoms with Crippen LogP contribution in [0.15, 0.2) is 42.6 Å². The largest absolute Gasteiger partial charge is 0.497 e. The Balaban J connectivity index is 1.81. The van der Waals surface area contributed by atoms with E-state index in [1.165, 1.54) is 5.56 Å². The van der Waals surface area contributed by atoms with Crippen molar-refractivity contribution in [1.29, 1.82) is 5.26 Å². The van der Waals surface area contributed by atoms with Gasteiger partial charge in [0.05, 0.1) is 7.11 Å². The molecule has 6 nitrogen and oxygen atoms in total. The van der Waals surface area contributed by atoms with Gasteiger partial charge in [0, 0.05) is 18.3 Å². The zero-order chi connectivity index (χ0) is 19.0. The Kier molecular flexibility index (Phi) is 6.96. The summed E-state index contributed by atoms with van der Waals surface area (Å²) in [4.78, 5) is 4.01. The molecule has 0 saturated heterocycles. The molecular weight excluding hydrogens is 330 g/mol. The molecule has 0 aliphatic heterocycles. The van der Waals surface area contributed by atoms with Crippen molar-refractivity contribution in [1.82, 2.24) is 10.3 Å². The van der Waals surface area contributed by atoms with Crippen molar-refractivity contribution in [3.8, 4) is 17.7 Å². The van der Waals surface area contributed by atoms with E-state index in [2.05, 4.69) is 24.1 Å². The summed E-state index contributed by atoms with van der Waals surface area (Å²) in [7, 11) is 1.65. The maximum absolute atomic E-state index is 10.2. The van der Waals surface area contributed by atoms with Gasteiger partial charge < -0.3 is 19.9 Å². The number of benzene rings is 1. The molecule has 1 aromatic carbocycles. The fourth-order valence-corrected chi connectivity index (χ4v) is 2.54. The van der Waals surface area contributed by atoms with E-state index in [-0.39, 0.29) is 18.0 Å². The monoisotopic (exact) mass is 355 g/mol. The van der Waals surface area contributed by atoms with Crippen LogP contribution in [-0.2, 0) is 6.42 Å². The lowest BCUT2D eigenvalue weighted by Crippen LogP contribution is -2.46. The molecule has 0 radical (unpaired) electrons. The van der Waals surface area contributed by atoms with Gasteiger partial charge in [0.15, 0.2) is 0 Å². The normalized spacial score (nSPS) is 12.3. The standard InChI is InChI=1S/C20H25N3O3/c1-20(2,11-15-6-8-18(25-3)9-7-15)23-13-17(24)14-26-19-16(12-21)5-4-10-22-19/h4-10,17,23-24H,11,13-14H2,1-3H3/t17-/m0/s1. The molecule has 0 bridgehead atoms. The molecule has 0 aliphatic carbocycles. The lowest BCUT2D eigenvalue weighted by atomic mass is 9.94. The fraction of sp³-hybridized carbons (Fsp3) is 0.400. The second-order valence-corrected chi connectivity index (χ2v) is 6.72. The molecule has 1 heterocycles. The molecule has 0 spiro atoms. The smallest absolute Gasteiger partial charge is 0.231 e. The number of aromatic nitrogens is 1. The number of pyridine rings is 1. The number of aliphatic hydroxyl groups excluding tert-OH is 1. The van der Waals surface area contributed by atoms with Crippen LogP contribution in [0.25, 0.3) is 0 Å². The predicted molar refractivity (Wildman–Crippen MR) is 99.2 cm³/mol. The van der Waals surface area contributed by atoms with Crippen molar-refractivity contribution >= 4 is 0 Å². The van der Waals surface area contributed by atoms with Crippen LogP contribution in [0.5, 0.6) is 11.6 Å². The van der Waals surface area contributed by atoms with E-state index >= 15 is 0 Å². The van der Waals surface area contributed by atoms with Gasteiger partial charge in [-0.05, 0) is 50.1 Å². The van der Waals surface area contributed by atoms with Gasteiger partial charge in [0.1, 0.15) is 30.1 Å². The highest BCUT2D eigenvalue weighted by Gasteiger charge is 2.20. The average molecular weight is 355 g/mol. The summed E-state index contributed by atoms with van der Waals surface area (Å²) in [6.45, 7) is 4.60. The van der Waals surface area contributed by atoms with Gasteiger partial charge in [-0.3, -0.25) is 0 Å². The average Bonchev–Trinajstić information content (AvgIpc) is 2.65. The van der Waals surface area contributed by atoms with Crippen LogP contribution in [0.3, 0.4) is 0 Å². The van der Waals surface area contributed by atoms with E-state index in [0.717, 1.165) is 12.2 Å². The molecule has 6 heteroatoms. The summed E-state index contributed by atoms with van der Waals surface area (Å²) >= 11 is 0. The number of aliphatic hydroxyl groups is 1. The second-order valence-electron chi connectivity index (χ2n) is 6.72. The van der Waals surface area contributed by atoms with Gasteiger partial charge in [-0.1, -0.05) is 12.1 Å². The minimum Gasteiger partial charge on any atom is -0.497 e. The Hall–Kier alpha value is -2.62. The van der Waals surface area contributed by atoms with Gasteiger partial charge in [-0.25, -0.2) is 4.98 Å². The highest BCUT2D eigenvalue weighted by atomic mass is 16.5. The molecule has 2 aromatic rings. The molecule has 2 N–H and O–H groups in total. The van der Waals surface area contributed by atoms with E-state index in [1.807, 2.05) is 30.3 Å². The number of ether oxygens (including phenoxy) is 2. The van der Waals surface area contributed by atoms with Gasteiger partial charge in [-0.2, -0.15) is 5.26 Å². The van der Waals surface area contributed by atoms with E-state index in [0.29, 0.717) is 12.1 Å². The summed E-state index contributed by atoms with van der Waals surface area (Å²) in [6, 6.07) is 13.3. The maximum atomic E-state index is 10.2. The van der Waals surface area contributed by atoms with Crippen LogP contribution in [-0.4, -0.2) is 42.0 Å². The Morgan fingerprint density at radius 1 is 1.27 bits per heavy atom. The van der Waals surface area contributed by atoms with Gasteiger partial charge in [0.25, 0.3) is 0 Å². The molecule has 0 fully saturated rings. The van der Waals surface area contributed by atoms with Crippen molar-refractivity contribution in [2.75, 3.05) is 20.3 Å². The van der Waals surface area contributed by atoms with Gasteiger partial charge in [0.2, 0.25) is 5.88 Å². The van der Waals surface area contributed by atoms with E-state index in [4.69, 9.17) is 14.7 Å². The molecule has 26 heavy (non-hydrogen) atoms. The number of hydrogen-bond donors (Lipinski definition) is 2. The predicted octanol–water partition coefficient (Wildman–Crippen LogP) is 2.31. The van der Waals surface area contributed by atoms with E-state index < -0.39 is 6.10 Å². The summed E-state index contributed by atoms with van der Waals surface area (Å²) in [6.07, 6.45) is 1.65. The maximum Gasteiger partial charge on any atom is 0.231 e. The zero-order valence-corrected chi connectivity index (χ0v) is 15.4. The zero-order valence-electron chi connectivity index (χ0n) is 15.4. The van der Waals surface area contributed by atoms with Crippen molar-refractivity contribution in [2.45, 2.75) is 31.9 Å². The number of nitrogens with one attached hydrogen (secondary N) is 1. The number of nitrogens with zero attached hydrogens (tertiary/aromatic N) is 2. The Bertz CT molecular complexity index is 739. The Labute approximate surface area is 154 Å². The first-order valence-corrected chi connectivity index (χ1v) is 8.47. The van der Waals surface area contributed by atoms with Crippen LogP contribution in [0.2, 0.25) is 0 Å². The summed E-state index contributed by atoms with van der Waals surface area (Å²) in [5.41, 5.74) is 1.34. The molecule has 1 aromatic heterocycles. The molecule has 1 atom stereocenters. The Morgan fingerprint density at radius 2 is 2.00 bits per heavy atom. The number of rotatable bonds is 9. The number of nitriles is 1. The summed E-state index contributed by atoms with van der Waals surface area (Å²) in [5, 5.41) is 22.5. The Morgan fingerprint density at radius 3 is 2.65 bits per heavy atom. The SMILES string of the molecule is COc1ccc(CC(C)(C)NC[C@H](O)COc2ncccc2C#N)cc1. The fourth-order valence-electron chi connectivity index (χ4n) is 2.54. The molecular formula is C20H25N3O3. The third-order valence-electron chi connectivity index (χ3n) is 3.93. The third-order valence-corrected chi connectivity index (χ3v) is 3.93. The first-order valence-electron chi connectivity index (χ1n) is 8.47. The first kappa shape index (κ1) is 19.7. The van der Waals surface area contributed by atoms with Crippen LogP contribution in [0.4, 0.5) is 0 Å². The summed E-state index contributed by atoms with van der Waals surface area (Å²) in [5.74, 6) is 1.07. The number of methoxy groups -OCH3 is 1. The van der Waals surface area contributed by atoms with E-state index in [1.54, 1.807) is 25.4 Å². The number of hydrogen-bond acceptors (Lipinski definition) is 6. The second kappa shape index (κ2) is 9.18.